The van der Waals surface area contributed by atoms with E-state index in [1.54, 1.807) is 6.33 Å². The number of hydrogen-bond donors (Lipinski definition) is 2. The predicted molar refractivity (Wildman–Crippen MR) is 103 cm³/mol. The summed E-state index contributed by atoms with van der Waals surface area (Å²) in [5.41, 5.74) is 6.90. The van der Waals surface area contributed by atoms with Crippen LogP contribution in [0.4, 0.5) is 5.82 Å². The van der Waals surface area contributed by atoms with Crippen LogP contribution in [0.3, 0.4) is 0 Å². The van der Waals surface area contributed by atoms with Crippen LogP contribution in [0.1, 0.15) is 38.6 Å². The molecule has 8 heteroatoms. The maximum absolute atomic E-state index is 6.02. The van der Waals surface area contributed by atoms with Gasteiger partial charge in [0.25, 0.3) is 0 Å². The van der Waals surface area contributed by atoms with Crippen molar-refractivity contribution in [2.75, 3.05) is 25.4 Å². The fraction of sp³-hybridized carbons (Fsp3) is 0.688. The van der Waals surface area contributed by atoms with E-state index in [1.165, 1.54) is 12.8 Å². The number of nitrogen functional groups attached to an aromatic ring is 1. The lowest BCUT2D eigenvalue weighted by atomic mass is 9.93. The van der Waals surface area contributed by atoms with Crippen LogP contribution < -0.4 is 11.1 Å². The lowest BCUT2D eigenvalue weighted by Crippen LogP contribution is -2.50. The molecule has 130 valence electrons. The third kappa shape index (κ3) is 2.88. The summed E-state index contributed by atoms with van der Waals surface area (Å²) >= 11 is 2.24. The van der Waals surface area contributed by atoms with Gasteiger partial charge in [-0.05, 0) is 68.3 Å². The van der Waals surface area contributed by atoms with Gasteiger partial charge in [0.05, 0.1) is 11.4 Å². The number of fused-ring (bicyclic) bond motifs is 1. The molecule has 0 bridgehead atoms. The zero-order chi connectivity index (χ0) is 16.7. The Balaban J connectivity index is 1.56. The van der Waals surface area contributed by atoms with Crippen molar-refractivity contribution in [3.63, 3.8) is 0 Å². The lowest BCUT2D eigenvalue weighted by molar-refractivity contribution is 0.0625. The zero-order valence-corrected chi connectivity index (χ0v) is 16.1. The minimum atomic E-state index is 0.387. The third-order valence-electron chi connectivity index (χ3n) is 5.50. The molecule has 0 radical (unpaired) electrons. The Morgan fingerprint density at radius 1 is 1.21 bits per heavy atom. The molecule has 2 aromatic rings. The molecule has 0 saturated carbocycles. The number of hydrogen-bond acceptors (Lipinski definition) is 6. The Morgan fingerprint density at radius 3 is 2.75 bits per heavy atom. The molecule has 2 fully saturated rings. The molecule has 2 aliphatic rings. The summed E-state index contributed by atoms with van der Waals surface area (Å²) in [6.45, 7) is 5.79. The maximum atomic E-state index is 6.02. The van der Waals surface area contributed by atoms with Crippen LogP contribution in [0.15, 0.2) is 6.33 Å². The molecule has 3 N–H and O–H groups in total. The quantitative estimate of drug-likeness (QED) is 0.692. The van der Waals surface area contributed by atoms with Gasteiger partial charge in [-0.15, -0.1) is 0 Å². The van der Waals surface area contributed by atoms with E-state index in [9.17, 15) is 0 Å². The molecule has 2 atom stereocenters. The molecule has 0 aliphatic carbocycles. The summed E-state index contributed by atoms with van der Waals surface area (Å²) in [6, 6.07) is 1.69. The van der Waals surface area contributed by atoms with Gasteiger partial charge in [-0.3, -0.25) is 4.90 Å². The van der Waals surface area contributed by atoms with Crippen LogP contribution in [-0.2, 0) is 0 Å². The minimum Gasteiger partial charge on any atom is -0.383 e. The molecular formula is C16H24IN7. The summed E-state index contributed by atoms with van der Waals surface area (Å²) in [7, 11) is 0. The van der Waals surface area contributed by atoms with E-state index >= 15 is 0 Å². The molecule has 0 aromatic carbocycles. The van der Waals surface area contributed by atoms with Gasteiger partial charge in [0.15, 0.2) is 5.65 Å². The Hall–Kier alpha value is -1.00. The first-order chi connectivity index (χ1) is 11.6. The minimum absolute atomic E-state index is 0.387. The average Bonchev–Trinajstić information content (AvgIpc) is 2.94. The first-order valence-electron chi connectivity index (χ1n) is 8.76. The van der Waals surface area contributed by atoms with E-state index in [1.807, 2.05) is 0 Å². The largest absolute Gasteiger partial charge is 0.383 e. The van der Waals surface area contributed by atoms with Crippen molar-refractivity contribution >= 4 is 39.4 Å². The van der Waals surface area contributed by atoms with Crippen molar-refractivity contribution in [2.45, 2.75) is 50.7 Å². The summed E-state index contributed by atoms with van der Waals surface area (Å²) in [5.74, 6) is 0.524. The molecular weight excluding hydrogens is 417 g/mol. The topological polar surface area (TPSA) is 84.9 Å². The van der Waals surface area contributed by atoms with Crippen LogP contribution in [-0.4, -0.2) is 56.4 Å². The van der Waals surface area contributed by atoms with Crippen molar-refractivity contribution in [1.29, 1.82) is 0 Å². The Labute approximate surface area is 155 Å². The highest BCUT2D eigenvalue weighted by Crippen LogP contribution is 2.33. The molecule has 2 saturated heterocycles. The smallest absolute Gasteiger partial charge is 0.164 e. The lowest BCUT2D eigenvalue weighted by Gasteiger charge is -2.44. The van der Waals surface area contributed by atoms with Crippen LogP contribution in [0, 0.1) is 3.70 Å². The Bertz CT molecular complexity index is 725. The molecule has 1 unspecified atom stereocenters. The van der Waals surface area contributed by atoms with Crippen LogP contribution in [0.5, 0.6) is 0 Å². The second-order valence-corrected chi connectivity index (χ2v) is 7.96. The van der Waals surface area contributed by atoms with E-state index in [0.717, 1.165) is 53.3 Å². The van der Waals surface area contributed by atoms with Crippen molar-refractivity contribution in [3.8, 4) is 0 Å². The van der Waals surface area contributed by atoms with Crippen LogP contribution in [0.2, 0.25) is 0 Å². The number of rotatable bonds is 2. The van der Waals surface area contributed by atoms with E-state index in [2.05, 4.69) is 54.4 Å². The fourth-order valence-corrected chi connectivity index (χ4v) is 5.03. The van der Waals surface area contributed by atoms with Gasteiger partial charge in [0, 0.05) is 18.6 Å². The van der Waals surface area contributed by atoms with Gasteiger partial charge < -0.3 is 11.1 Å². The second kappa shape index (κ2) is 6.72. The molecule has 0 amide bonds. The number of piperidine rings is 2. The molecule has 4 rings (SSSR count). The molecule has 0 spiro atoms. The van der Waals surface area contributed by atoms with Gasteiger partial charge >= 0.3 is 0 Å². The zero-order valence-electron chi connectivity index (χ0n) is 14.0. The number of nitrogens with zero attached hydrogens (tertiary/aromatic N) is 5. The number of aromatic nitrogens is 4. The number of nitrogens with two attached hydrogens (primary N) is 1. The van der Waals surface area contributed by atoms with Crippen molar-refractivity contribution < 1.29 is 0 Å². The van der Waals surface area contributed by atoms with Crippen molar-refractivity contribution in [1.82, 2.24) is 30.0 Å². The molecule has 24 heavy (non-hydrogen) atoms. The second-order valence-electron chi connectivity index (χ2n) is 6.94. The molecule has 2 aliphatic heterocycles. The standard InChI is InChI=1S/C16H24IN7/c1-10-8-12(4-7-23(10)11-2-5-19-6-3-11)24-16-13(14(17)22-24)15(18)20-9-21-16/h9-12,19H,2-8H2,1H3,(H2,18,20,21)/t10-,12?/m1/s1. The van der Waals surface area contributed by atoms with Gasteiger partial charge in [-0.2, -0.15) is 5.10 Å². The van der Waals surface area contributed by atoms with E-state index < -0.39 is 0 Å². The summed E-state index contributed by atoms with van der Waals surface area (Å²) in [5, 5.41) is 9.10. The number of halogens is 1. The fourth-order valence-electron chi connectivity index (χ4n) is 4.28. The van der Waals surface area contributed by atoms with Crippen LogP contribution in [0.25, 0.3) is 11.0 Å². The molecule has 7 nitrogen and oxygen atoms in total. The van der Waals surface area contributed by atoms with Crippen molar-refractivity contribution in [2.24, 2.45) is 0 Å². The first kappa shape index (κ1) is 16.5. The monoisotopic (exact) mass is 441 g/mol. The highest BCUT2D eigenvalue weighted by molar-refractivity contribution is 14.1. The first-order valence-corrected chi connectivity index (χ1v) is 9.83. The summed E-state index contributed by atoms with van der Waals surface area (Å²) in [4.78, 5) is 11.3. The Morgan fingerprint density at radius 2 is 2.00 bits per heavy atom. The molecule has 4 heterocycles. The van der Waals surface area contributed by atoms with Crippen molar-refractivity contribution in [3.05, 3.63) is 10.0 Å². The third-order valence-corrected chi connectivity index (χ3v) is 6.25. The highest BCUT2D eigenvalue weighted by atomic mass is 127. The van der Waals surface area contributed by atoms with Gasteiger partial charge in [0.1, 0.15) is 15.8 Å². The average molecular weight is 441 g/mol. The van der Waals surface area contributed by atoms with Gasteiger partial charge in [-0.25, -0.2) is 14.6 Å². The van der Waals surface area contributed by atoms with E-state index in [0.29, 0.717) is 17.9 Å². The Kier molecular flexibility index (Phi) is 4.61. The SMILES string of the molecule is C[C@@H]1CC(n2nc(I)c3c(N)ncnc32)CCN1C1CCNCC1. The number of anilines is 1. The maximum Gasteiger partial charge on any atom is 0.164 e. The van der Waals surface area contributed by atoms with Gasteiger partial charge in [-0.1, -0.05) is 0 Å². The summed E-state index contributed by atoms with van der Waals surface area (Å²) in [6.07, 6.45) is 6.30. The number of nitrogens with one attached hydrogen (secondary N) is 1. The highest BCUT2D eigenvalue weighted by Gasteiger charge is 2.33. The predicted octanol–water partition coefficient (Wildman–Crippen LogP) is 1.79. The number of likely N-dealkylation sites (tertiary alicyclic amines) is 1. The van der Waals surface area contributed by atoms with E-state index in [4.69, 9.17) is 10.8 Å². The summed E-state index contributed by atoms with van der Waals surface area (Å²) < 4.78 is 2.99. The van der Waals surface area contributed by atoms with E-state index in [-0.39, 0.29) is 0 Å². The van der Waals surface area contributed by atoms with Gasteiger partial charge in [0.2, 0.25) is 0 Å². The van der Waals surface area contributed by atoms with Crippen LogP contribution >= 0.6 is 22.6 Å². The molecule has 2 aromatic heterocycles. The normalized spacial score (nSPS) is 26.9.